The van der Waals surface area contributed by atoms with Crippen LogP contribution >= 0.6 is 0 Å². The van der Waals surface area contributed by atoms with Gasteiger partial charge in [0, 0.05) is 11.1 Å². The summed E-state index contributed by atoms with van der Waals surface area (Å²) in [5, 5.41) is 7.19. The number of rotatable bonds is 3. The van der Waals surface area contributed by atoms with Crippen molar-refractivity contribution >= 4 is 18.2 Å². The fourth-order valence-corrected chi connectivity index (χ4v) is 2.56. The number of nitrogens with zero attached hydrogens (tertiary/aromatic N) is 1. The van der Waals surface area contributed by atoms with Gasteiger partial charge in [0.2, 0.25) is 0 Å². The van der Waals surface area contributed by atoms with Crippen molar-refractivity contribution in [2.75, 3.05) is 6.54 Å². The van der Waals surface area contributed by atoms with Crippen LogP contribution in [0.4, 0.5) is 0 Å². The number of fused-ring (bicyclic) bond motifs is 1. The summed E-state index contributed by atoms with van der Waals surface area (Å²) in [4.78, 5) is 11.8. The summed E-state index contributed by atoms with van der Waals surface area (Å²) < 4.78 is 5.82. The Morgan fingerprint density at radius 1 is 1.48 bits per heavy atom. The van der Waals surface area contributed by atoms with Crippen LogP contribution < -0.4 is 15.5 Å². The minimum absolute atomic E-state index is 0.0749. The lowest BCUT2D eigenvalue weighted by atomic mass is 10.0. The second-order valence-corrected chi connectivity index (χ2v) is 5.33. The first-order chi connectivity index (χ1) is 10.2. The van der Waals surface area contributed by atoms with E-state index in [0.717, 1.165) is 36.3 Å². The molecule has 5 heteroatoms. The highest BCUT2D eigenvalue weighted by molar-refractivity contribution is 5.90. The molecule has 3 rings (SSSR count). The van der Waals surface area contributed by atoms with Crippen LogP contribution in [0, 0.1) is 0 Å². The Kier molecular flexibility index (Phi) is 4.01. The zero-order valence-electron chi connectivity index (χ0n) is 12.0. The molecule has 1 fully saturated rings. The summed E-state index contributed by atoms with van der Waals surface area (Å²) in [6.07, 6.45) is 5.52. The monoisotopic (exact) mass is 285 g/mol. The van der Waals surface area contributed by atoms with E-state index in [0.29, 0.717) is 0 Å². The third-order valence-corrected chi connectivity index (χ3v) is 3.78. The molecule has 0 saturated carbocycles. The van der Waals surface area contributed by atoms with Crippen molar-refractivity contribution in [3.8, 4) is 5.75 Å². The molecule has 0 aliphatic carbocycles. The second-order valence-electron chi connectivity index (χ2n) is 5.33. The Balaban J connectivity index is 1.65. The van der Waals surface area contributed by atoms with Gasteiger partial charge < -0.3 is 10.1 Å². The highest BCUT2D eigenvalue weighted by Gasteiger charge is 2.21. The van der Waals surface area contributed by atoms with Crippen molar-refractivity contribution < 1.29 is 9.53 Å². The number of carbonyl (C=O) groups is 1. The SMILES string of the molecule is CC1Oc2ccccc2C=C1C=NNC(=O)C1CCCN1. The van der Waals surface area contributed by atoms with E-state index in [9.17, 15) is 4.79 Å². The highest BCUT2D eigenvalue weighted by atomic mass is 16.5. The van der Waals surface area contributed by atoms with Crippen LogP contribution in [0.15, 0.2) is 34.9 Å². The van der Waals surface area contributed by atoms with E-state index in [2.05, 4.69) is 15.8 Å². The average Bonchev–Trinajstić information content (AvgIpc) is 3.02. The van der Waals surface area contributed by atoms with Gasteiger partial charge in [0.15, 0.2) is 0 Å². The Hall–Kier alpha value is -2.14. The number of hydrogen-bond donors (Lipinski definition) is 2. The number of hydrazone groups is 1. The number of para-hydroxylation sites is 1. The molecule has 2 heterocycles. The Bertz CT molecular complexity index is 589. The minimum atomic E-state index is -0.114. The number of hydrogen-bond acceptors (Lipinski definition) is 4. The fraction of sp³-hybridized carbons (Fsp3) is 0.375. The molecule has 0 radical (unpaired) electrons. The van der Waals surface area contributed by atoms with Crippen LogP contribution in [-0.2, 0) is 4.79 Å². The molecule has 1 aromatic carbocycles. The number of carbonyl (C=O) groups excluding carboxylic acids is 1. The van der Waals surface area contributed by atoms with E-state index in [-0.39, 0.29) is 18.1 Å². The zero-order valence-corrected chi connectivity index (χ0v) is 12.0. The minimum Gasteiger partial charge on any atom is -0.485 e. The molecule has 1 aromatic rings. The van der Waals surface area contributed by atoms with Crippen LogP contribution in [-0.4, -0.2) is 30.8 Å². The van der Waals surface area contributed by atoms with Crippen LogP contribution in [0.5, 0.6) is 5.75 Å². The molecule has 0 bridgehead atoms. The van der Waals surface area contributed by atoms with Crippen LogP contribution in [0.2, 0.25) is 0 Å². The number of amides is 1. The molecule has 2 atom stereocenters. The van der Waals surface area contributed by atoms with Gasteiger partial charge in [-0.25, -0.2) is 5.43 Å². The second kappa shape index (κ2) is 6.10. The van der Waals surface area contributed by atoms with Crippen LogP contribution in [0.3, 0.4) is 0 Å². The maximum Gasteiger partial charge on any atom is 0.257 e. The number of benzene rings is 1. The molecule has 0 spiro atoms. The molecule has 1 amide bonds. The first-order valence-corrected chi connectivity index (χ1v) is 7.27. The van der Waals surface area contributed by atoms with Crippen LogP contribution in [0.1, 0.15) is 25.3 Å². The third-order valence-electron chi connectivity index (χ3n) is 3.78. The fourth-order valence-electron chi connectivity index (χ4n) is 2.56. The van der Waals surface area contributed by atoms with E-state index in [1.165, 1.54) is 0 Å². The summed E-state index contributed by atoms with van der Waals surface area (Å²) in [6, 6.07) is 7.75. The van der Waals surface area contributed by atoms with Gasteiger partial charge in [0.25, 0.3) is 5.91 Å². The van der Waals surface area contributed by atoms with Crippen molar-refractivity contribution in [1.82, 2.24) is 10.7 Å². The van der Waals surface area contributed by atoms with Gasteiger partial charge >= 0.3 is 0 Å². The van der Waals surface area contributed by atoms with E-state index in [1.54, 1.807) is 6.21 Å². The lowest BCUT2D eigenvalue weighted by molar-refractivity contribution is -0.122. The lowest BCUT2D eigenvalue weighted by Gasteiger charge is -2.22. The summed E-state index contributed by atoms with van der Waals surface area (Å²) in [7, 11) is 0. The van der Waals surface area contributed by atoms with Gasteiger partial charge in [-0.05, 0) is 38.5 Å². The molecule has 5 nitrogen and oxygen atoms in total. The highest BCUT2D eigenvalue weighted by Crippen LogP contribution is 2.28. The van der Waals surface area contributed by atoms with Gasteiger partial charge in [-0.2, -0.15) is 5.10 Å². The van der Waals surface area contributed by atoms with Crippen LogP contribution in [0.25, 0.3) is 6.08 Å². The largest absolute Gasteiger partial charge is 0.485 e. The normalized spacial score (nSPS) is 24.3. The first kappa shape index (κ1) is 13.8. The molecule has 2 unspecified atom stereocenters. The van der Waals surface area contributed by atoms with E-state index in [4.69, 9.17) is 4.74 Å². The first-order valence-electron chi connectivity index (χ1n) is 7.27. The number of ether oxygens (including phenoxy) is 1. The summed E-state index contributed by atoms with van der Waals surface area (Å²) in [6.45, 7) is 2.86. The molecular weight excluding hydrogens is 266 g/mol. The Labute approximate surface area is 124 Å². The maximum absolute atomic E-state index is 11.8. The standard InChI is InChI=1S/C16H19N3O2/c1-11-13(9-12-5-2-3-7-15(12)21-11)10-18-19-16(20)14-6-4-8-17-14/h2-3,5,7,9-11,14,17H,4,6,8H2,1H3,(H,19,20). The summed E-state index contributed by atoms with van der Waals surface area (Å²) in [5.41, 5.74) is 4.55. The predicted molar refractivity (Wildman–Crippen MR) is 82.2 cm³/mol. The molecule has 2 aliphatic heterocycles. The topological polar surface area (TPSA) is 62.7 Å². The van der Waals surface area contributed by atoms with Gasteiger partial charge in [-0.15, -0.1) is 0 Å². The van der Waals surface area contributed by atoms with E-state index in [1.807, 2.05) is 37.3 Å². The van der Waals surface area contributed by atoms with E-state index >= 15 is 0 Å². The van der Waals surface area contributed by atoms with Crippen molar-refractivity contribution in [1.29, 1.82) is 0 Å². The van der Waals surface area contributed by atoms with Gasteiger partial charge in [-0.1, -0.05) is 18.2 Å². The van der Waals surface area contributed by atoms with Crippen molar-refractivity contribution in [3.63, 3.8) is 0 Å². The Morgan fingerprint density at radius 2 is 2.33 bits per heavy atom. The molecule has 1 saturated heterocycles. The molecule has 21 heavy (non-hydrogen) atoms. The van der Waals surface area contributed by atoms with Gasteiger partial charge in [-0.3, -0.25) is 4.79 Å². The molecule has 0 aromatic heterocycles. The molecule has 2 aliphatic rings. The summed E-state index contributed by atoms with van der Waals surface area (Å²) >= 11 is 0. The van der Waals surface area contributed by atoms with Crippen molar-refractivity contribution in [3.05, 3.63) is 35.4 Å². The lowest BCUT2D eigenvalue weighted by Crippen LogP contribution is -2.38. The third kappa shape index (κ3) is 3.13. The van der Waals surface area contributed by atoms with E-state index < -0.39 is 0 Å². The average molecular weight is 285 g/mol. The Morgan fingerprint density at radius 3 is 3.14 bits per heavy atom. The predicted octanol–water partition coefficient (Wildman–Crippen LogP) is 1.70. The molecule has 2 N–H and O–H groups in total. The summed E-state index contributed by atoms with van der Waals surface area (Å²) in [5.74, 6) is 0.801. The smallest absolute Gasteiger partial charge is 0.257 e. The van der Waals surface area contributed by atoms with Crippen molar-refractivity contribution in [2.45, 2.75) is 31.9 Å². The van der Waals surface area contributed by atoms with Gasteiger partial charge in [0.1, 0.15) is 11.9 Å². The van der Waals surface area contributed by atoms with Crippen molar-refractivity contribution in [2.24, 2.45) is 5.10 Å². The molecule has 110 valence electrons. The van der Waals surface area contributed by atoms with Gasteiger partial charge in [0.05, 0.1) is 12.3 Å². The zero-order chi connectivity index (χ0) is 14.7. The maximum atomic E-state index is 11.8. The molecular formula is C16H19N3O2. The number of nitrogens with one attached hydrogen (secondary N) is 2. The quantitative estimate of drug-likeness (QED) is 0.656.